The highest BCUT2D eigenvalue weighted by atomic mass is 35.5. The zero-order chi connectivity index (χ0) is 13.0. The molecule has 5 heteroatoms. The minimum absolute atomic E-state index is 0.0588. The van der Waals surface area contributed by atoms with Crippen molar-refractivity contribution in [3.63, 3.8) is 0 Å². The van der Waals surface area contributed by atoms with Gasteiger partial charge < -0.3 is 15.6 Å². The number of halogens is 1. The van der Waals surface area contributed by atoms with Crippen LogP contribution < -0.4 is 10.5 Å². The van der Waals surface area contributed by atoms with Gasteiger partial charge in [-0.3, -0.25) is 0 Å². The lowest BCUT2D eigenvalue weighted by atomic mass is 10.1. The number of nitrogens with zero attached hydrogens (tertiary/aromatic N) is 1. The smallest absolute Gasteiger partial charge is 0.238 e. The number of aliphatic hydroxyl groups is 1. The molecule has 2 rings (SSSR count). The van der Waals surface area contributed by atoms with E-state index in [0.717, 1.165) is 5.56 Å². The Labute approximate surface area is 110 Å². The standard InChI is InChI=1S/C13H13ClN2O2/c14-11-7-10(15)8-16-13(11)18-12-4-2-1-3-9(12)5-6-17/h1-4,7-8,17H,5-6,15H2. The van der Waals surface area contributed by atoms with Gasteiger partial charge in [0.15, 0.2) is 0 Å². The number of aromatic nitrogens is 1. The van der Waals surface area contributed by atoms with Crippen LogP contribution in [0.2, 0.25) is 5.02 Å². The van der Waals surface area contributed by atoms with Crippen molar-refractivity contribution < 1.29 is 9.84 Å². The van der Waals surface area contributed by atoms with E-state index in [0.29, 0.717) is 28.8 Å². The summed E-state index contributed by atoms with van der Waals surface area (Å²) in [6.45, 7) is 0.0588. The highest BCUT2D eigenvalue weighted by Gasteiger charge is 2.08. The lowest BCUT2D eigenvalue weighted by molar-refractivity contribution is 0.297. The summed E-state index contributed by atoms with van der Waals surface area (Å²) in [5.74, 6) is 0.932. The van der Waals surface area contributed by atoms with E-state index in [-0.39, 0.29) is 6.61 Å². The molecule has 94 valence electrons. The van der Waals surface area contributed by atoms with Gasteiger partial charge in [0.2, 0.25) is 5.88 Å². The van der Waals surface area contributed by atoms with Gasteiger partial charge in [0.1, 0.15) is 10.8 Å². The van der Waals surface area contributed by atoms with Crippen molar-refractivity contribution in [1.82, 2.24) is 4.98 Å². The fraction of sp³-hybridized carbons (Fsp3) is 0.154. The summed E-state index contributed by atoms with van der Waals surface area (Å²) in [5, 5.41) is 9.34. The molecule has 0 fully saturated rings. The third-order valence-electron chi connectivity index (χ3n) is 2.39. The topological polar surface area (TPSA) is 68.4 Å². The average Bonchev–Trinajstić information content (AvgIpc) is 2.35. The van der Waals surface area contributed by atoms with Crippen LogP contribution in [0.3, 0.4) is 0 Å². The Morgan fingerprint density at radius 1 is 1.33 bits per heavy atom. The predicted molar refractivity (Wildman–Crippen MR) is 71.0 cm³/mol. The molecule has 1 heterocycles. The first-order chi connectivity index (χ1) is 8.70. The summed E-state index contributed by atoms with van der Waals surface area (Å²) in [6.07, 6.45) is 2.00. The van der Waals surface area contributed by atoms with Gasteiger partial charge in [0.05, 0.1) is 11.9 Å². The van der Waals surface area contributed by atoms with Crippen LogP contribution >= 0.6 is 11.6 Å². The lowest BCUT2D eigenvalue weighted by Gasteiger charge is -2.10. The molecule has 0 aliphatic carbocycles. The number of anilines is 1. The molecule has 1 aromatic carbocycles. The molecule has 0 spiro atoms. The first-order valence-corrected chi connectivity index (χ1v) is 5.86. The molecule has 0 bridgehead atoms. The van der Waals surface area contributed by atoms with Crippen LogP contribution in [0.25, 0.3) is 0 Å². The van der Waals surface area contributed by atoms with Gasteiger partial charge in [-0.1, -0.05) is 29.8 Å². The van der Waals surface area contributed by atoms with Crippen molar-refractivity contribution in [2.24, 2.45) is 0 Å². The summed E-state index contributed by atoms with van der Waals surface area (Å²) < 4.78 is 5.64. The van der Waals surface area contributed by atoms with E-state index in [9.17, 15) is 0 Å². The Bertz CT molecular complexity index is 546. The molecule has 0 radical (unpaired) electrons. The lowest BCUT2D eigenvalue weighted by Crippen LogP contribution is -1.97. The minimum atomic E-state index is 0.0588. The van der Waals surface area contributed by atoms with Crippen molar-refractivity contribution in [3.8, 4) is 11.6 Å². The molecule has 1 aromatic heterocycles. The molecule has 3 N–H and O–H groups in total. The number of nitrogens with two attached hydrogens (primary N) is 1. The molecule has 0 saturated carbocycles. The summed E-state index contributed by atoms with van der Waals surface area (Å²) in [7, 11) is 0. The number of rotatable bonds is 4. The SMILES string of the molecule is Nc1cnc(Oc2ccccc2CCO)c(Cl)c1. The predicted octanol–water partition coefficient (Wildman–Crippen LogP) is 2.64. The van der Waals surface area contributed by atoms with E-state index in [1.807, 2.05) is 18.2 Å². The summed E-state index contributed by atoms with van der Waals surface area (Å²) in [4.78, 5) is 4.03. The maximum atomic E-state index is 8.99. The second kappa shape index (κ2) is 5.71. The molecule has 0 aliphatic rings. The van der Waals surface area contributed by atoms with Gasteiger partial charge in [0.25, 0.3) is 0 Å². The third-order valence-corrected chi connectivity index (χ3v) is 2.66. The first kappa shape index (κ1) is 12.7. The van der Waals surface area contributed by atoms with Gasteiger partial charge in [-0.15, -0.1) is 0 Å². The Hall–Kier alpha value is -1.78. The van der Waals surface area contributed by atoms with Gasteiger partial charge in [0, 0.05) is 6.61 Å². The van der Waals surface area contributed by atoms with Crippen LogP contribution in [0.15, 0.2) is 36.5 Å². The molecule has 2 aromatic rings. The maximum Gasteiger partial charge on any atom is 0.238 e. The van der Waals surface area contributed by atoms with Crippen LogP contribution in [0, 0.1) is 0 Å². The van der Waals surface area contributed by atoms with Crippen LogP contribution in [-0.2, 0) is 6.42 Å². The zero-order valence-corrected chi connectivity index (χ0v) is 10.4. The Balaban J connectivity index is 2.28. The number of hydrogen-bond acceptors (Lipinski definition) is 4. The zero-order valence-electron chi connectivity index (χ0n) is 9.64. The van der Waals surface area contributed by atoms with E-state index in [1.165, 1.54) is 6.20 Å². The number of nitrogen functional groups attached to an aromatic ring is 1. The normalized spacial score (nSPS) is 10.3. The first-order valence-electron chi connectivity index (χ1n) is 5.48. The minimum Gasteiger partial charge on any atom is -0.437 e. The summed E-state index contributed by atoms with van der Waals surface area (Å²) >= 11 is 5.99. The monoisotopic (exact) mass is 264 g/mol. The second-order valence-corrected chi connectivity index (χ2v) is 4.15. The van der Waals surface area contributed by atoms with Crippen molar-refractivity contribution in [3.05, 3.63) is 47.1 Å². The average molecular weight is 265 g/mol. The Morgan fingerprint density at radius 3 is 2.83 bits per heavy atom. The van der Waals surface area contributed by atoms with E-state index < -0.39 is 0 Å². The number of benzene rings is 1. The summed E-state index contributed by atoms with van der Waals surface area (Å²) in [6, 6.07) is 9.01. The van der Waals surface area contributed by atoms with E-state index in [1.54, 1.807) is 12.1 Å². The fourth-order valence-corrected chi connectivity index (χ4v) is 1.76. The second-order valence-electron chi connectivity index (χ2n) is 3.74. The molecular formula is C13H13ClN2O2. The molecule has 0 aliphatic heterocycles. The molecule has 0 atom stereocenters. The number of aliphatic hydroxyl groups excluding tert-OH is 1. The third kappa shape index (κ3) is 2.91. The van der Waals surface area contributed by atoms with Gasteiger partial charge in [-0.2, -0.15) is 0 Å². The van der Waals surface area contributed by atoms with Crippen molar-refractivity contribution in [1.29, 1.82) is 0 Å². The van der Waals surface area contributed by atoms with Crippen molar-refractivity contribution in [2.45, 2.75) is 6.42 Å². The van der Waals surface area contributed by atoms with Crippen molar-refractivity contribution >= 4 is 17.3 Å². The Kier molecular flexibility index (Phi) is 4.02. The largest absolute Gasteiger partial charge is 0.437 e. The maximum absolute atomic E-state index is 8.99. The van der Waals surface area contributed by atoms with Crippen LogP contribution in [-0.4, -0.2) is 16.7 Å². The van der Waals surface area contributed by atoms with Crippen LogP contribution in [0.4, 0.5) is 5.69 Å². The fourth-order valence-electron chi connectivity index (χ4n) is 1.55. The van der Waals surface area contributed by atoms with Crippen LogP contribution in [0.1, 0.15) is 5.56 Å². The highest BCUT2D eigenvalue weighted by Crippen LogP contribution is 2.30. The highest BCUT2D eigenvalue weighted by molar-refractivity contribution is 6.32. The number of pyridine rings is 1. The molecule has 0 unspecified atom stereocenters. The molecule has 18 heavy (non-hydrogen) atoms. The number of ether oxygens (including phenoxy) is 1. The molecule has 4 nitrogen and oxygen atoms in total. The Morgan fingerprint density at radius 2 is 2.11 bits per heavy atom. The molecule has 0 saturated heterocycles. The van der Waals surface area contributed by atoms with E-state index in [2.05, 4.69) is 4.98 Å². The van der Waals surface area contributed by atoms with E-state index in [4.69, 9.17) is 27.2 Å². The van der Waals surface area contributed by atoms with Gasteiger partial charge in [-0.05, 0) is 24.1 Å². The van der Waals surface area contributed by atoms with Crippen molar-refractivity contribution in [2.75, 3.05) is 12.3 Å². The van der Waals surface area contributed by atoms with Crippen LogP contribution in [0.5, 0.6) is 11.6 Å². The number of hydrogen-bond donors (Lipinski definition) is 2. The number of para-hydroxylation sites is 1. The molecule has 0 amide bonds. The van der Waals surface area contributed by atoms with E-state index >= 15 is 0 Å². The van der Waals surface area contributed by atoms with Gasteiger partial charge >= 0.3 is 0 Å². The molecular weight excluding hydrogens is 252 g/mol. The van der Waals surface area contributed by atoms with Gasteiger partial charge in [-0.25, -0.2) is 4.98 Å². The summed E-state index contributed by atoms with van der Waals surface area (Å²) in [5.41, 5.74) is 6.94. The quantitative estimate of drug-likeness (QED) is 0.891.